The highest BCUT2D eigenvalue weighted by Crippen LogP contribution is 2.56. The molecule has 0 fully saturated rings. The van der Waals surface area contributed by atoms with Crippen molar-refractivity contribution in [2.75, 3.05) is 11.5 Å². The lowest BCUT2D eigenvalue weighted by Gasteiger charge is -2.46. The van der Waals surface area contributed by atoms with Crippen LogP contribution < -0.4 is 10.2 Å². The summed E-state index contributed by atoms with van der Waals surface area (Å²) in [5.41, 5.74) is 7.55. The Bertz CT molecular complexity index is 1180. The van der Waals surface area contributed by atoms with Crippen LogP contribution in [0.15, 0.2) is 84.4 Å². The van der Waals surface area contributed by atoms with E-state index in [9.17, 15) is 4.79 Å². The van der Waals surface area contributed by atoms with Gasteiger partial charge in [-0.2, -0.15) is 0 Å². The Hall–Kier alpha value is -3.37. The molecule has 3 heterocycles. The predicted octanol–water partition coefficient (Wildman–Crippen LogP) is 4.60. The van der Waals surface area contributed by atoms with Crippen LogP contribution in [-0.2, 0) is 9.53 Å². The zero-order chi connectivity index (χ0) is 20.2. The fraction of sp³-hybridized carbons (Fsp3) is 0.192. The van der Waals surface area contributed by atoms with Gasteiger partial charge in [0.15, 0.2) is 0 Å². The molecule has 0 saturated carbocycles. The van der Waals surface area contributed by atoms with Gasteiger partial charge in [0.2, 0.25) is 0 Å². The van der Waals surface area contributed by atoms with Crippen LogP contribution in [0.25, 0.3) is 5.70 Å². The number of para-hydroxylation sites is 1. The number of benzene rings is 3. The van der Waals surface area contributed by atoms with E-state index in [4.69, 9.17) is 4.74 Å². The van der Waals surface area contributed by atoms with E-state index in [1.807, 2.05) is 25.1 Å². The van der Waals surface area contributed by atoms with Crippen LogP contribution in [-0.4, -0.2) is 18.7 Å². The van der Waals surface area contributed by atoms with Gasteiger partial charge in [-0.05, 0) is 35.2 Å². The summed E-state index contributed by atoms with van der Waals surface area (Å²) in [4.78, 5) is 15.6. The van der Waals surface area contributed by atoms with Crippen molar-refractivity contribution in [3.63, 3.8) is 0 Å². The molecule has 0 spiro atoms. The lowest BCUT2D eigenvalue weighted by atomic mass is 9.78. The molecular weight excluding hydrogens is 372 g/mol. The Morgan fingerprint density at radius 3 is 2.33 bits per heavy atom. The molecule has 3 aromatic rings. The highest BCUT2D eigenvalue weighted by atomic mass is 16.5. The first-order valence-electron chi connectivity index (χ1n) is 10.5. The number of carbonyl (C=O) groups is 1. The molecule has 0 aliphatic carbocycles. The standard InChI is InChI=1S/C26H22N2O2/c1-2-30-26(29)22-23-18-13-7-6-12-17(18)21-19-14-8-9-15-20(19)28(25(21)27-23)24(22)16-10-4-3-5-11-16/h3-15,21,23,25,27H,2H2,1H3. The Balaban J connectivity index is 1.72. The first kappa shape index (κ1) is 17.5. The minimum Gasteiger partial charge on any atom is -0.463 e. The van der Waals surface area contributed by atoms with E-state index in [1.165, 1.54) is 11.1 Å². The summed E-state index contributed by atoms with van der Waals surface area (Å²) in [5, 5.41) is 3.77. The zero-order valence-corrected chi connectivity index (χ0v) is 16.7. The van der Waals surface area contributed by atoms with Crippen molar-refractivity contribution in [1.82, 2.24) is 5.32 Å². The number of fused-ring (bicyclic) bond motifs is 7. The van der Waals surface area contributed by atoms with E-state index in [2.05, 4.69) is 70.9 Å². The third kappa shape index (κ3) is 2.28. The van der Waals surface area contributed by atoms with Crippen LogP contribution in [0.4, 0.5) is 5.69 Å². The summed E-state index contributed by atoms with van der Waals surface area (Å²) in [6.45, 7) is 2.21. The summed E-state index contributed by atoms with van der Waals surface area (Å²) in [5.74, 6) is -0.0407. The van der Waals surface area contributed by atoms with Crippen LogP contribution >= 0.6 is 0 Å². The van der Waals surface area contributed by atoms with Gasteiger partial charge in [-0.25, -0.2) is 4.79 Å². The van der Waals surface area contributed by atoms with Crippen LogP contribution in [0.5, 0.6) is 0 Å². The van der Waals surface area contributed by atoms with Gasteiger partial charge < -0.3 is 9.64 Å². The molecule has 2 bridgehead atoms. The van der Waals surface area contributed by atoms with Crippen molar-refractivity contribution in [2.24, 2.45) is 0 Å². The van der Waals surface area contributed by atoms with Crippen LogP contribution in [0.2, 0.25) is 0 Å². The minimum atomic E-state index is -0.259. The summed E-state index contributed by atoms with van der Waals surface area (Å²) in [6.07, 6.45) is 0.0654. The topological polar surface area (TPSA) is 41.6 Å². The van der Waals surface area contributed by atoms with Gasteiger partial charge in [-0.3, -0.25) is 5.32 Å². The first-order chi connectivity index (χ1) is 14.8. The highest BCUT2D eigenvalue weighted by molar-refractivity contribution is 6.04. The minimum absolute atomic E-state index is 0.0654. The molecule has 4 heteroatoms. The molecule has 0 saturated heterocycles. The Morgan fingerprint density at radius 2 is 1.57 bits per heavy atom. The van der Waals surface area contributed by atoms with Gasteiger partial charge in [-0.1, -0.05) is 72.8 Å². The SMILES string of the molecule is CCOC(=O)C1=C(c2ccccc2)N2c3ccccc3C3c4ccccc4C1NC32. The zero-order valence-electron chi connectivity index (χ0n) is 16.7. The van der Waals surface area contributed by atoms with Crippen LogP contribution in [0.1, 0.15) is 41.1 Å². The molecule has 3 aliphatic rings. The van der Waals surface area contributed by atoms with Crippen LogP contribution in [0, 0.1) is 0 Å². The molecule has 3 atom stereocenters. The Labute approximate surface area is 175 Å². The third-order valence-corrected chi connectivity index (χ3v) is 6.43. The van der Waals surface area contributed by atoms with E-state index in [0.29, 0.717) is 12.2 Å². The third-order valence-electron chi connectivity index (χ3n) is 6.43. The summed E-state index contributed by atoms with van der Waals surface area (Å²) < 4.78 is 5.57. The number of hydrogen-bond acceptors (Lipinski definition) is 4. The molecule has 30 heavy (non-hydrogen) atoms. The Kier molecular flexibility index (Phi) is 3.83. The maximum Gasteiger partial charge on any atom is 0.338 e. The number of rotatable bonds is 3. The van der Waals surface area contributed by atoms with E-state index < -0.39 is 0 Å². The fourth-order valence-corrected chi connectivity index (χ4v) is 5.34. The van der Waals surface area contributed by atoms with Crippen molar-refractivity contribution in [2.45, 2.75) is 25.0 Å². The fourth-order valence-electron chi connectivity index (χ4n) is 5.34. The van der Waals surface area contributed by atoms with Gasteiger partial charge in [0.1, 0.15) is 0 Å². The van der Waals surface area contributed by atoms with E-state index in [0.717, 1.165) is 22.5 Å². The molecule has 0 radical (unpaired) electrons. The molecule has 4 nitrogen and oxygen atoms in total. The molecule has 0 aromatic heterocycles. The van der Waals surface area contributed by atoms with Gasteiger partial charge >= 0.3 is 5.97 Å². The molecule has 3 unspecified atom stereocenters. The molecular formula is C26H22N2O2. The number of hydrogen-bond donors (Lipinski definition) is 1. The van der Waals surface area contributed by atoms with Gasteiger partial charge in [0, 0.05) is 11.6 Å². The first-order valence-corrected chi connectivity index (χ1v) is 10.5. The molecule has 0 amide bonds. The van der Waals surface area contributed by atoms with E-state index in [1.54, 1.807) is 0 Å². The second-order valence-corrected chi connectivity index (χ2v) is 7.93. The van der Waals surface area contributed by atoms with Crippen LogP contribution in [0.3, 0.4) is 0 Å². The number of nitrogens with one attached hydrogen (secondary N) is 1. The lowest BCUT2D eigenvalue weighted by molar-refractivity contribution is -0.139. The van der Waals surface area contributed by atoms with Crippen molar-refractivity contribution in [3.8, 4) is 0 Å². The maximum absolute atomic E-state index is 13.3. The number of esters is 1. The van der Waals surface area contributed by atoms with Gasteiger partial charge in [0.25, 0.3) is 0 Å². The molecule has 148 valence electrons. The summed E-state index contributed by atoms with van der Waals surface area (Å²) in [6, 6.07) is 27.1. The second kappa shape index (κ2) is 6.57. The highest BCUT2D eigenvalue weighted by Gasteiger charge is 2.52. The summed E-state index contributed by atoms with van der Waals surface area (Å²) in [7, 11) is 0. The lowest BCUT2D eigenvalue weighted by Crippen LogP contribution is -2.55. The summed E-state index contributed by atoms with van der Waals surface area (Å²) >= 11 is 0. The van der Waals surface area contributed by atoms with E-state index >= 15 is 0 Å². The quantitative estimate of drug-likeness (QED) is 0.660. The monoisotopic (exact) mass is 394 g/mol. The van der Waals surface area contributed by atoms with Gasteiger partial charge in [0.05, 0.1) is 30.1 Å². The smallest absolute Gasteiger partial charge is 0.338 e. The van der Waals surface area contributed by atoms with E-state index in [-0.39, 0.29) is 24.1 Å². The molecule has 6 rings (SSSR count). The molecule has 1 N–H and O–H groups in total. The largest absolute Gasteiger partial charge is 0.463 e. The maximum atomic E-state index is 13.3. The Morgan fingerprint density at radius 1 is 0.900 bits per heavy atom. The number of ether oxygens (including phenoxy) is 1. The van der Waals surface area contributed by atoms with Gasteiger partial charge in [-0.15, -0.1) is 0 Å². The second-order valence-electron chi connectivity index (χ2n) is 7.93. The molecule has 3 aromatic carbocycles. The predicted molar refractivity (Wildman–Crippen MR) is 117 cm³/mol. The normalized spacial score (nSPS) is 23.1. The van der Waals surface area contributed by atoms with Crippen molar-refractivity contribution in [1.29, 1.82) is 0 Å². The average Bonchev–Trinajstić information content (AvgIpc) is 3.15. The molecule has 3 aliphatic heterocycles. The number of nitrogens with zero attached hydrogens (tertiary/aromatic N) is 1. The van der Waals surface area contributed by atoms with Crippen molar-refractivity contribution < 1.29 is 9.53 Å². The van der Waals surface area contributed by atoms with Crippen molar-refractivity contribution >= 4 is 17.4 Å². The average molecular weight is 394 g/mol. The van der Waals surface area contributed by atoms with Crippen molar-refractivity contribution in [3.05, 3.63) is 107 Å². The number of carbonyl (C=O) groups excluding carboxylic acids is 1. The number of anilines is 1.